The SMILES string of the molecule is O=C(O)C(NCc1cccnn1)c1ccccc1. The minimum absolute atomic E-state index is 0.361. The number of carboxylic acid groups (broad SMARTS) is 1. The lowest BCUT2D eigenvalue weighted by Gasteiger charge is -2.14. The van der Waals surface area contributed by atoms with Crippen molar-refractivity contribution in [1.82, 2.24) is 15.5 Å². The molecule has 0 spiro atoms. The fourth-order valence-electron chi connectivity index (χ4n) is 1.63. The molecule has 18 heavy (non-hydrogen) atoms. The van der Waals surface area contributed by atoms with Gasteiger partial charge in [-0.25, -0.2) is 0 Å². The standard InChI is InChI=1S/C13H13N3O2/c17-13(18)12(10-5-2-1-3-6-10)14-9-11-7-4-8-15-16-11/h1-8,12,14H,9H2,(H,17,18). The molecule has 0 aliphatic carbocycles. The minimum atomic E-state index is -0.912. The van der Waals surface area contributed by atoms with Crippen LogP contribution in [0.4, 0.5) is 0 Å². The Labute approximate surface area is 104 Å². The van der Waals surface area contributed by atoms with Gasteiger partial charge in [0.05, 0.1) is 5.69 Å². The van der Waals surface area contributed by atoms with Gasteiger partial charge in [0.2, 0.25) is 0 Å². The van der Waals surface area contributed by atoms with Gasteiger partial charge in [-0.3, -0.25) is 10.1 Å². The lowest BCUT2D eigenvalue weighted by atomic mass is 10.1. The van der Waals surface area contributed by atoms with Crippen LogP contribution in [-0.4, -0.2) is 21.3 Å². The smallest absolute Gasteiger partial charge is 0.325 e. The van der Waals surface area contributed by atoms with Gasteiger partial charge < -0.3 is 5.11 Å². The van der Waals surface area contributed by atoms with Crippen LogP contribution in [0.25, 0.3) is 0 Å². The van der Waals surface area contributed by atoms with Crippen LogP contribution >= 0.6 is 0 Å². The summed E-state index contributed by atoms with van der Waals surface area (Å²) in [6.45, 7) is 0.361. The predicted molar refractivity (Wildman–Crippen MR) is 65.7 cm³/mol. The first-order chi connectivity index (χ1) is 8.77. The van der Waals surface area contributed by atoms with Gasteiger partial charge in [-0.05, 0) is 17.7 Å². The lowest BCUT2D eigenvalue weighted by molar-refractivity contribution is -0.139. The van der Waals surface area contributed by atoms with E-state index in [1.165, 1.54) is 0 Å². The zero-order chi connectivity index (χ0) is 12.8. The van der Waals surface area contributed by atoms with Crippen molar-refractivity contribution in [3.05, 3.63) is 59.9 Å². The first-order valence-electron chi connectivity index (χ1n) is 5.55. The van der Waals surface area contributed by atoms with E-state index in [1.807, 2.05) is 18.2 Å². The number of nitrogens with one attached hydrogen (secondary N) is 1. The molecule has 0 radical (unpaired) electrons. The Kier molecular flexibility index (Phi) is 3.98. The van der Waals surface area contributed by atoms with Gasteiger partial charge >= 0.3 is 5.97 Å². The summed E-state index contributed by atoms with van der Waals surface area (Å²) in [7, 11) is 0. The molecule has 0 saturated heterocycles. The highest BCUT2D eigenvalue weighted by Crippen LogP contribution is 2.13. The van der Waals surface area contributed by atoms with E-state index in [2.05, 4.69) is 15.5 Å². The summed E-state index contributed by atoms with van der Waals surface area (Å²) in [5.41, 5.74) is 1.42. The summed E-state index contributed by atoms with van der Waals surface area (Å²) in [5, 5.41) is 19.8. The van der Waals surface area contributed by atoms with Crippen LogP contribution in [0.15, 0.2) is 48.7 Å². The number of aromatic nitrogens is 2. The average Bonchev–Trinajstić information content (AvgIpc) is 2.41. The van der Waals surface area contributed by atoms with E-state index in [4.69, 9.17) is 0 Å². The highest BCUT2D eigenvalue weighted by Gasteiger charge is 2.18. The molecule has 0 bridgehead atoms. The lowest BCUT2D eigenvalue weighted by Crippen LogP contribution is -2.28. The summed E-state index contributed by atoms with van der Waals surface area (Å²) in [5.74, 6) is -0.912. The van der Waals surface area contributed by atoms with E-state index in [0.29, 0.717) is 17.8 Å². The Morgan fingerprint density at radius 3 is 2.61 bits per heavy atom. The van der Waals surface area contributed by atoms with Crippen molar-refractivity contribution in [2.75, 3.05) is 0 Å². The van der Waals surface area contributed by atoms with E-state index in [-0.39, 0.29) is 0 Å². The second-order valence-electron chi connectivity index (χ2n) is 3.78. The Morgan fingerprint density at radius 1 is 1.22 bits per heavy atom. The van der Waals surface area contributed by atoms with E-state index in [9.17, 15) is 9.90 Å². The summed E-state index contributed by atoms with van der Waals surface area (Å²) in [6, 6.07) is 11.9. The minimum Gasteiger partial charge on any atom is -0.480 e. The van der Waals surface area contributed by atoms with E-state index < -0.39 is 12.0 Å². The number of carboxylic acids is 1. The van der Waals surface area contributed by atoms with Crippen LogP contribution in [0, 0.1) is 0 Å². The van der Waals surface area contributed by atoms with Crippen LogP contribution in [-0.2, 0) is 11.3 Å². The quantitative estimate of drug-likeness (QED) is 0.830. The first-order valence-corrected chi connectivity index (χ1v) is 5.55. The predicted octanol–water partition coefficient (Wildman–Crippen LogP) is 1.39. The Balaban J connectivity index is 2.06. The zero-order valence-electron chi connectivity index (χ0n) is 9.65. The van der Waals surface area contributed by atoms with E-state index in [0.717, 1.165) is 0 Å². The number of hydrogen-bond donors (Lipinski definition) is 2. The van der Waals surface area contributed by atoms with Crippen LogP contribution in [0.1, 0.15) is 17.3 Å². The van der Waals surface area contributed by atoms with Crippen molar-refractivity contribution < 1.29 is 9.90 Å². The van der Waals surface area contributed by atoms with Crippen LogP contribution in [0.5, 0.6) is 0 Å². The van der Waals surface area contributed by atoms with Crippen molar-refractivity contribution in [1.29, 1.82) is 0 Å². The highest BCUT2D eigenvalue weighted by molar-refractivity contribution is 5.75. The van der Waals surface area contributed by atoms with Gasteiger partial charge in [0, 0.05) is 12.7 Å². The maximum absolute atomic E-state index is 11.2. The molecule has 0 saturated carbocycles. The molecule has 2 N–H and O–H groups in total. The third-order valence-electron chi connectivity index (χ3n) is 2.49. The molecule has 1 aromatic heterocycles. The van der Waals surface area contributed by atoms with Crippen molar-refractivity contribution in [2.45, 2.75) is 12.6 Å². The largest absolute Gasteiger partial charge is 0.480 e. The van der Waals surface area contributed by atoms with Gasteiger partial charge in [-0.2, -0.15) is 10.2 Å². The molecule has 0 fully saturated rings. The second kappa shape index (κ2) is 5.88. The van der Waals surface area contributed by atoms with Crippen molar-refractivity contribution in [3.8, 4) is 0 Å². The Bertz CT molecular complexity index is 502. The molecule has 0 aliphatic rings. The second-order valence-corrected chi connectivity index (χ2v) is 3.78. The third-order valence-corrected chi connectivity index (χ3v) is 2.49. The molecule has 0 aliphatic heterocycles. The first kappa shape index (κ1) is 12.2. The van der Waals surface area contributed by atoms with Crippen LogP contribution in [0.2, 0.25) is 0 Å². The molecule has 1 unspecified atom stereocenters. The summed E-state index contributed by atoms with van der Waals surface area (Å²) in [4.78, 5) is 11.2. The fourth-order valence-corrected chi connectivity index (χ4v) is 1.63. The molecular formula is C13H13N3O2. The summed E-state index contributed by atoms with van der Waals surface area (Å²) in [6.07, 6.45) is 1.58. The molecule has 2 aromatic rings. The summed E-state index contributed by atoms with van der Waals surface area (Å²) >= 11 is 0. The molecule has 92 valence electrons. The van der Waals surface area contributed by atoms with Gasteiger partial charge in [0.15, 0.2) is 0 Å². The van der Waals surface area contributed by atoms with E-state index in [1.54, 1.807) is 30.5 Å². The van der Waals surface area contributed by atoms with E-state index >= 15 is 0 Å². The normalized spacial score (nSPS) is 12.0. The number of carbonyl (C=O) groups is 1. The molecule has 1 heterocycles. The number of nitrogens with zero attached hydrogens (tertiary/aromatic N) is 2. The van der Waals surface area contributed by atoms with Crippen molar-refractivity contribution in [2.24, 2.45) is 0 Å². The average molecular weight is 243 g/mol. The molecular weight excluding hydrogens is 230 g/mol. The summed E-state index contributed by atoms with van der Waals surface area (Å²) < 4.78 is 0. The molecule has 1 aromatic carbocycles. The maximum Gasteiger partial charge on any atom is 0.325 e. The molecule has 5 heteroatoms. The molecule has 1 atom stereocenters. The fraction of sp³-hybridized carbons (Fsp3) is 0.154. The number of aliphatic carboxylic acids is 1. The number of rotatable bonds is 5. The van der Waals surface area contributed by atoms with Gasteiger partial charge in [0.25, 0.3) is 0 Å². The Hall–Kier alpha value is -2.27. The number of benzene rings is 1. The van der Waals surface area contributed by atoms with Crippen molar-refractivity contribution in [3.63, 3.8) is 0 Å². The van der Waals surface area contributed by atoms with Crippen molar-refractivity contribution >= 4 is 5.97 Å². The molecule has 0 amide bonds. The van der Waals surface area contributed by atoms with Crippen LogP contribution in [0.3, 0.4) is 0 Å². The zero-order valence-corrected chi connectivity index (χ0v) is 9.65. The topological polar surface area (TPSA) is 75.1 Å². The Morgan fingerprint density at radius 2 is 2.00 bits per heavy atom. The van der Waals surface area contributed by atoms with Gasteiger partial charge in [-0.1, -0.05) is 30.3 Å². The molecule has 2 rings (SSSR count). The molecule has 5 nitrogen and oxygen atoms in total. The monoisotopic (exact) mass is 243 g/mol. The highest BCUT2D eigenvalue weighted by atomic mass is 16.4. The maximum atomic E-state index is 11.2. The number of hydrogen-bond acceptors (Lipinski definition) is 4. The van der Waals surface area contributed by atoms with Gasteiger partial charge in [0.1, 0.15) is 6.04 Å². The van der Waals surface area contributed by atoms with Crippen LogP contribution < -0.4 is 5.32 Å². The van der Waals surface area contributed by atoms with Gasteiger partial charge in [-0.15, -0.1) is 0 Å². The third kappa shape index (κ3) is 3.11.